The molecule has 0 aliphatic heterocycles. The fourth-order valence-electron chi connectivity index (χ4n) is 1.96. The highest BCUT2D eigenvalue weighted by Gasteiger charge is 2.12. The zero-order chi connectivity index (χ0) is 15.1. The molecule has 21 heavy (non-hydrogen) atoms. The van der Waals surface area contributed by atoms with Crippen molar-refractivity contribution in [3.8, 4) is 0 Å². The maximum absolute atomic E-state index is 9.61. The van der Waals surface area contributed by atoms with E-state index in [9.17, 15) is 5.11 Å². The SMILES string of the molecule is CCNc1cc(NC(CO)c2ccccc2)nc(SC)n1. The second-order valence-corrected chi connectivity index (χ2v) is 5.22. The molecule has 1 unspecified atom stereocenters. The van der Waals surface area contributed by atoms with Gasteiger partial charge in [0.25, 0.3) is 0 Å². The Bertz CT molecular complexity index is 565. The van der Waals surface area contributed by atoms with Gasteiger partial charge in [0.05, 0.1) is 12.6 Å². The number of nitrogens with one attached hydrogen (secondary N) is 2. The number of anilines is 2. The van der Waals surface area contributed by atoms with Crippen LogP contribution in [0.15, 0.2) is 41.6 Å². The van der Waals surface area contributed by atoms with Gasteiger partial charge in [0.1, 0.15) is 11.6 Å². The average molecular weight is 304 g/mol. The summed E-state index contributed by atoms with van der Waals surface area (Å²) in [5, 5.41) is 16.8. The van der Waals surface area contributed by atoms with Crippen LogP contribution in [0.25, 0.3) is 0 Å². The van der Waals surface area contributed by atoms with Crippen molar-refractivity contribution in [3.63, 3.8) is 0 Å². The van der Waals surface area contributed by atoms with E-state index in [1.165, 1.54) is 11.8 Å². The molecule has 0 amide bonds. The first kappa shape index (κ1) is 15.6. The highest BCUT2D eigenvalue weighted by atomic mass is 32.2. The van der Waals surface area contributed by atoms with Crippen molar-refractivity contribution in [1.82, 2.24) is 9.97 Å². The van der Waals surface area contributed by atoms with E-state index in [1.807, 2.05) is 49.6 Å². The van der Waals surface area contributed by atoms with Crippen LogP contribution in [0.1, 0.15) is 18.5 Å². The van der Waals surface area contributed by atoms with Gasteiger partial charge in [0.15, 0.2) is 5.16 Å². The second kappa shape index (κ2) is 7.85. The van der Waals surface area contributed by atoms with Gasteiger partial charge in [-0.1, -0.05) is 42.1 Å². The van der Waals surface area contributed by atoms with Crippen LogP contribution in [-0.2, 0) is 0 Å². The predicted molar refractivity (Wildman–Crippen MR) is 87.9 cm³/mol. The van der Waals surface area contributed by atoms with Crippen molar-refractivity contribution in [2.24, 2.45) is 0 Å². The lowest BCUT2D eigenvalue weighted by molar-refractivity contribution is 0.276. The van der Waals surface area contributed by atoms with Gasteiger partial charge < -0.3 is 15.7 Å². The lowest BCUT2D eigenvalue weighted by atomic mass is 10.1. The Kier molecular flexibility index (Phi) is 5.83. The summed E-state index contributed by atoms with van der Waals surface area (Å²) in [6, 6.07) is 11.5. The van der Waals surface area contributed by atoms with Gasteiger partial charge >= 0.3 is 0 Å². The second-order valence-electron chi connectivity index (χ2n) is 4.45. The molecule has 1 atom stereocenters. The van der Waals surface area contributed by atoms with Crippen LogP contribution in [0.5, 0.6) is 0 Å². The monoisotopic (exact) mass is 304 g/mol. The van der Waals surface area contributed by atoms with Gasteiger partial charge in [-0.15, -0.1) is 0 Å². The summed E-state index contributed by atoms with van der Waals surface area (Å²) in [5.41, 5.74) is 1.02. The van der Waals surface area contributed by atoms with Crippen LogP contribution < -0.4 is 10.6 Å². The van der Waals surface area contributed by atoms with Gasteiger partial charge in [-0.2, -0.15) is 0 Å². The lowest BCUT2D eigenvalue weighted by Crippen LogP contribution is -2.16. The number of aromatic nitrogens is 2. The van der Waals surface area contributed by atoms with Gasteiger partial charge in [-0.3, -0.25) is 0 Å². The Morgan fingerprint density at radius 2 is 1.90 bits per heavy atom. The van der Waals surface area contributed by atoms with Gasteiger partial charge in [-0.25, -0.2) is 9.97 Å². The first-order valence-corrected chi connectivity index (χ1v) is 8.08. The molecule has 1 heterocycles. The normalized spacial score (nSPS) is 12.0. The van der Waals surface area contributed by atoms with Crippen LogP contribution in [-0.4, -0.2) is 34.5 Å². The standard InChI is InChI=1S/C15H20N4OS/c1-3-16-13-9-14(19-15(18-13)21-2)17-12(10-20)11-7-5-4-6-8-11/h4-9,12,20H,3,10H2,1-2H3,(H2,16,17,18,19). The molecule has 6 heteroatoms. The molecule has 3 N–H and O–H groups in total. The molecular formula is C15H20N4OS. The lowest BCUT2D eigenvalue weighted by Gasteiger charge is -2.18. The van der Waals surface area contributed by atoms with E-state index < -0.39 is 0 Å². The number of hydrogen-bond acceptors (Lipinski definition) is 6. The zero-order valence-corrected chi connectivity index (χ0v) is 13.0. The fraction of sp³-hybridized carbons (Fsp3) is 0.333. The first-order valence-electron chi connectivity index (χ1n) is 6.86. The third kappa shape index (κ3) is 4.34. The molecule has 1 aromatic carbocycles. The van der Waals surface area contributed by atoms with Crippen molar-refractivity contribution in [2.45, 2.75) is 18.1 Å². The van der Waals surface area contributed by atoms with E-state index in [0.717, 1.165) is 17.9 Å². The van der Waals surface area contributed by atoms with Crippen molar-refractivity contribution >= 4 is 23.4 Å². The summed E-state index contributed by atoms with van der Waals surface area (Å²) in [6.45, 7) is 2.82. The Morgan fingerprint density at radius 3 is 2.52 bits per heavy atom. The first-order chi connectivity index (χ1) is 10.3. The van der Waals surface area contributed by atoms with Gasteiger partial charge in [0.2, 0.25) is 0 Å². The van der Waals surface area contributed by atoms with E-state index in [0.29, 0.717) is 11.0 Å². The minimum absolute atomic E-state index is 0.000836. The quantitative estimate of drug-likeness (QED) is 0.540. The van der Waals surface area contributed by atoms with E-state index in [1.54, 1.807) is 0 Å². The molecule has 0 spiro atoms. The molecule has 5 nitrogen and oxygen atoms in total. The number of thioether (sulfide) groups is 1. The third-order valence-electron chi connectivity index (χ3n) is 2.95. The summed E-state index contributed by atoms with van der Waals surface area (Å²) in [6.07, 6.45) is 1.94. The molecular weight excluding hydrogens is 284 g/mol. The third-order valence-corrected chi connectivity index (χ3v) is 3.50. The van der Waals surface area contributed by atoms with Crippen LogP contribution in [0, 0.1) is 0 Å². The smallest absolute Gasteiger partial charge is 0.191 e. The number of benzene rings is 1. The molecule has 0 aliphatic rings. The van der Waals surface area contributed by atoms with Crippen LogP contribution in [0.4, 0.5) is 11.6 Å². The molecule has 0 aliphatic carbocycles. The minimum Gasteiger partial charge on any atom is -0.394 e. The maximum atomic E-state index is 9.61. The molecule has 0 bridgehead atoms. The molecule has 1 aromatic heterocycles. The molecule has 112 valence electrons. The highest BCUT2D eigenvalue weighted by molar-refractivity contribution is 7.98. The Labute approximate surface area is 129 Å². The molecule has 2 aromatic rings. The number of nitrogens with zero attached hydrogens (tertiary/aromatic N) is 2. The van der Waals surface area contributed by atoms with Crippen LogP contribution in [0.3, 0.4) is 0 Å². The number of aliphatic hydroxyl groups excluding tert-OH is 1. The molecule has 0 saturated heterocycles. The number of hydrogen-bond donors (Lipinski definition) is 3. The molecule has 0 saturated carbocycles. The average Bonchev–Trinajstić information content (AvgIpc) is 2.53. The molecule has 0 fully saturated rings. The summed E-state index contributed by atoms with van der Waals surface area (Å²) >= 11 is 1.49. The zero-order valence-electron chi connectivity index (χ0n) is 12.2. The van der Waals surface area contributed by atoms with Crippen LogP contribution in [0.2, 0.25) is 0 Å². The van der Waals surface area contributed by atoms with Crippen molar-refractivity contribution < 1.29 is 5.11 Å². The summed E-state index contributed by atoms with van der Waals surface area (Å²) in [5.74, 6) is 1.48. The summed E-state index contributed by atoms with van der Waals surface area (Å²) in [7, 11) is 0. The predicted octanol–water partition coefficient (Wildman–Crippen LogP) is 2.78. The van der Waals surface area contributed by atoms with E-state index in [2.05, 4.69) is 20.6 Å². The van der Waals surface area contributed by atoms with Crippen molar-refractivity contribution in [3.05, 3.63) is 42.0 Å². The van der Waals surface area contributed by atoms with Gasteiger partial charge in [0, 0.05) is 12.6 Å². The van der Waals surface area contributed by atoms with Crippen molar-refractivity contribution in [1.29, 1.82) is 0 Å². The Hall–Kier alpha value is -1.79. The highest BCUT2D eigenvalue weighted by Crippen LogP contribution is 2.22. The Morgan fingerprint density at radius 1 is 1.19 bits per heavy atom. The van der Waals surface area contributed by atoms with E-state index >= 15 is 0 Å². The van der Waals surface area contributed by atoms with E-state index in [4.69, 9.17) is 0 Å². The number of rotatable bonds is 7. The largest absolute Gasteiger partial charge is 0.394 e. The summed E-state index contributed by atoms with van der Waals surface area (Å²) < 4.78 is 0. The van der Waals surface area contributed by atoms with E-state index in [-0.39, 0.29) is 12.6 Å². The molecule has 2 rings (SSSR count). The maximum Gasteiger partial charge on any atom is 0.191 e. The molecule has 0 radical (unpaired) electrons. The van der Waals surface area contributed by atoms with Gasteiger partial charge in [-0.05, 0) is 18.7 Å². The summed E-state index contributed by atoms with van der Waals surface area (Å²) in [4.78, 5) is 8.82. The number of aliphatic hydroxyl groups is 1. The topological polar surface area (TPSA) is 70.1 Å². The minimum atomic E-state index is -0.190. The Balaban J connectivity index is 2.22. The van der Waals surface area contributed by atoms with Crippen LogP contribution >= 0.6 is 11.8 Å². The van der Waals surface area contributed by atoms with Crippen molar-refractivity contribution in [2.75, 3.05) is 30.0 Å². The fourth-order valence-corrected chi connectivity index (χ4v) is 2.34.